The van der Waals surface area contributed by atoms with Gasteiger partial charge in [0.1, 0.15) is 28.9 Å². The number of benzene rings is 1. The first-order chi connectivity index (χ1) is 10.1. The number of rotatable bonds is 1. The maximum atomic E-state index is 10.1. The molecule has 1 aliphatic rings. The summed E-state index contributed by atoms with van der Waals surface area (Å²) < 4.78 is 5.34. The highest BCUT2D eigenvalue weighted by Gasteiger charge is 2.33. The van der Waals surface area contributed by atoms with E-state index in [2.05, 4.69) is 4.98 Å². The van der Waals surface area contributed by atoms with Crippen LogP contribution in [0.25, 0.3) is 0 Å². The predicted octanol–water partition coefficient (Wildman–Crippen LogP) is 1.71. The molecule has 0 amide bonds. The van der Waals surface area contributed by atoms with Crippen molar-refractivity contribution >= 4 is 0 Å². The number of phenols is 2. The summed E-state index contributed by atoms with van der Waals surface area (Å²) in [6.45, 7) is 0. The molecule has 21 heavy (non-hydrogen) atoms. The molecule has 6 nitrogen and oxygen atoms in total. The molecule has 0 radical (unpaired) electrons. The van der Waals surface area contributed by atoms with Crippen molar-refractivity contribution in [2.24, 2.45) is 5.73 Å². The first-order valence-electron chi connectivity index (χ1n) is 6.15. The highest BCUT2D eigenvalue weighted by Crippen LogP contribution is 2.47. The van der Waals surface area contributed by atoms with Gasteiger partial charge in [-0.1, -0.05) is 6.07 Å². The van der Waals surface area contributed by atoms with Crippen LogP contribution < -0.4 is 10.5 Å². The summed E-state index contributed by atoms with van der Waals surface area (Å²) >= 11 is 0. The smallest absolute Gasteiger partial charge is 0.205 e. The number of aromatic nitrogens is 1. The van der Waals surface area contributed by atoms with Gasteiger partial charge in [-0.2, -0.15) is 5.26 Å². The van der Waals surface area contributed by atoms with Crippen LogP contribution in [0, 0.1) is 11.3 Å². The van der Waals surface area contributed by atoms with Crippen LogP contribution in [0.3, 0.4) is 0 Å². The number of nitrogens with two attached hydrogens (primary N) is 1. The van der Waals surface area contributed by atoms with Gasteiger partial charge < -0.3 is 20.7 Å². The highest BCUT2D eigenvalue weighted by molar-refractivity contribution is 5.61. The third-order valence-electron chi connectivity index (χ3n) is 3.31. The number of fused-ring (bicyclic) bond motifs is 1. The quantitative estimate of drug-likeness (QED) is 0.733. The van der Waals surface area contributed by atoms with E-state index in [9.17, 15) is 15.5 Å². The lowest BCUT2D eigenvalue weighted by Gasteiger charge is -2.26. The van der Waals surface area contributed by atoms with Crippen molar-refractivity contribution in [2.45, 2.75) is 5.92 Å². The molecule has 0 aliphatic carbocycles. The molecule has 2 aromatic rings. The molecule has 0 bridgehead atoms. The zero-order valence-corrected chi connectivity index (χ0v) is 10.8. The number of pyridine rings is 1. The first-order valence-corrected chi connectivity index (χ1v) is 6.15. The second-order valence-corrected chi connectivity index (χ2v) is 4.59. The van der Waals surface area contributed by atoms with Gasteiger partial charge in [0.05, 0.1) is 5.92 Å². The SMILES string of the molecule is N#CC1=C(N)Oc2cc(O)cc(O)c2[C@@H]1c1cccnc1. The molecule has 2 heterocycles. The van der Waals surface area contributed by atoms with E-state index < -0.39 is 5.92 Å². The van der Waals surface area contributed by atoms with Gasteiger partial charge in [-0.25, -0.2) is 0 Å². The number of nitriles is 1. The number of aromatic hydroxyl groups is 2. The fourth-order valence-electron chi connectivity index (χ4n) is 2.43. The molecule has 1 aromatic heterocycles. The molecular formula is C15H11N3O3. The van der Waals surface area contributed by atoms with Crippen molar-refractivity contribution in [3.63, 3.8) is 0 Å². The van der Waals surface area contributed by atoms with Gasteiger partial charge in [-0.3, -0.25) is 4.98 Å². The second-order valence-electron chi connectivity index (χ2n) is 4.59. The Kier molecular flexibility index (Phi) is 2.88. The third kappa shape index (κ3) is 2.01. The third-order valence-corrected chi connectivity index (χ3v) is 3.31. The summed E-state index contributed by atoms with van der Waals surface area (Å²) in [7, 11) is 0. The topological polar surface area (TPSA) is 112 Å². The molecular weight excluding hydrogens is 270 g/mol. The monoisotopic (exact) mass is 281 g/mol. The van der Waals surface area contributed by atoms with Crippen LogP contribution in [-0.4, -0.2) is 15.2 Å². The summed E-state index contributed by atoms with van der Waals surface area (Å²) in [6.07, 6.45) is 3.20. The Hall–Kier alpha value is -3.20. The number of phenolic OH excluding ortho intramolecular Hbond substituents is 2. The van der Waals surface area contributed by atoms with E-state index in [-0.39, 0.29) is 28.7 Å². The minimum absolute atomic E-state index is 0.0520. The molecule has 1 atom stereocenters. The summed E-state index contributed by atoms with van der Waals surface area (Å²) in [5.41, 5.74) is 7.05. The van der Waals surface area contributed by atoms with Crippen LogP contribution in [0.4, 0.5) is 0 Å². The van der Waals surface area contributed by atoms with E-state index in [4.69, 9.17) is 10.5 Å². The van der Waals surface area contributed by atoms with Crippen molar-refractivity contribution in [1.29, 1.82) is 5.26 Å². The number of nitrogens with zero attached hydrogens (tertiary/aromatic N) is 2. The minimum Gasteiger partial charge on any atom is -0.508 e. The van der Waals surface area contributed by atoms with Crippen molar-refractivity contribution in [1.82, 2.24) is 4.98 Å². The Labute approximate surface area is 120 Å². The lowest BCUT2D eigenvalue weighted by molar-refractivity contribution is 0.375. The Balaban J connectivity index is 2.29. The van der Waals surface area contributed by atoms with E-state index in [1.54, 1.807) is 24.5 Å². The molecule has 0 saturated carbocycles. The predicted molar refractivity (Wildman–Crippen MR) is 73.3 cm³/mol. The number of allylic oxidation sites excluding steroid dienone is 1. The summed E-state index contributed by atoms with van der Waals surface area (Å²) in [5.74, 6) is -0.738. The number of hydrogen-bond acceptors (Lipinski definition) is 6. The van der Waals surface area contributed by atoms with Gasteiger partial charge in [0, 0.05) is 30.1 Å². The first kappa shape index (κ1) is 12.8. The van der Waals surface area contributed by atoms with Gasteiger partial charge in [0.25, 0.3) is 0 Å². The number of hydrogen-bond donors (Lipinski definition) is 3. The van der Waals surface area contributed by atoms with E-state index in [0.717, 1.165) is 0 Å². The molecule has 0 spiro atoms. The van der Waals surface area contributed by atoms with Crippen LogP contribution in [-0.2, 0) is 0 Å². The van der Waals surface area contributed by atoms with Gasteiger partial charge >= 0.3 is 0 Å². The van der Waals surface area contributed by atoms with Gasteiger partial charge in [0.2, 0.25) is 5.88 Å². The van der Waals surface area contributed by atoms with Crippen molar-refractivity contribution in [3.8, 4) is 23.3 Å². The Morgan fingerprint density at radius 3 is 2.81 bits per heavy atom. The second kappa shape index (κ2) is 4.72. The van der Waals surface area contributed by atoms with E-state index in [1.165, 1.54) is 12.1 Å². The summed E-state index contributed by atoms with van der Waals surface area (Å²) in [4.78, 5) is 4.03. The van der Waals surface area contributed by atoms with E-state index in [1.807, 2.05) is 6.07 Å². The van der Waals surface area contributed by atoms with Crippen LogP contribution in [0.1, 0.15) is 17.0 Å². The van der Waals surface area contributed by atoms with Crippen molar-refractivity contribution in [3.05, 3.63) is 59.2 Å². The van der Waals surface area contributed by atoms with Crippen LogP contribution in [0.2, 0.25) is 0 Å². The molecule has 1 aliphatic heterocycles. The average Bonchev–Trinajstić information content (AvgIpc) is 2.46. The fraction of sp³-hybridized carbons (Fsp3) is 0.0667. The molecule has 1 aromatic carbocycles. The Bertz CT molecular complexity index is 779. The van der Waals surface area contributed by atoms with Crippen LogP contribution >= 0.6 is 0 Å². The lowest BCUT2D eigenvalue weighted by atomic mass is 9.83. The van der Waals surface area contributed by atoms with Crippen LogP contribution in [0.15, 0.2) is 48.1 Å². The van der Waals surface area contributed by atoms with Crippen LogP contribution in [0.5, 0.6) is 17.2 Å². The van der Waals surface area contributed by atoms with Crippen molar-refractivity contribution < 1.29 is 14.9 Å². The molecule has 0 fully saturated rings. The molecule has 0 saturated heterocycles. The number of ether oxygens (including phenoxy) is 1. The molecule has 6 heteroatoms. The normalized spacial score (nSPS) is 16.8. The molecule has 4 N–H and O–H groups in total. The van der Waals surface area contributed by atoms with Gasteiger partial charge in [-0.15, -0.1) is 0 Å². The molecule has 0 unspecified atom stereocenters. The minimum atomic E-state index is -0.590. The maximum Gasteiger partial charge on any atom is 0.205 e. The zero-order chi connectivity index (χ0) is 15.0. The van der Waals surface area contributed by atoms with E-state index in [0.29, 0.717) is 11.1 Å². The Morgan fingerprint density at radius 1 is 1.33 bits per heavy atom. The summed E-state index contributed by atoms with van der Waals surface area (Å²) in [5, 5.41) is 29.0. The van der Waals surface area contributed by atoms with Crippen molar-refractivity contribution in [2.75, 3.05) is 0 Å². The van der Waals surface area contributed by atoms with Gasteiger partial charge in [-0.05, 0) is 11.6 Å². The molecule has 104 valence electrons. The van der Waals surface area contributed by atoms with Gasteiger partial charge in [0.15, 0.2) is 0 Å². The maximum absolute atomic E-state index is 10.1. The zero-order valence-electron chi connectivity index (χ0n) is 10.8. The standard InChI is InChI=1S/C15H11N3O3/c16-6-10-13(8-2-1-3-18-7-8)14-11(20)4-9(19)5-12(14)21-15(10)17/h1-5,7,13,19-20H,17H2/t13-/m1/s1. The summed E-state index contributed by atoms with van der Waals surface area (Å²) in [6, 6.07) is 8.07. The average molecular weight is 281 g/mol. The largest absolute Gasteiger partial charge is 0.508 e. The lowest BCUT2D eigenvalue weighted by Crippen LogP contribution is -2.21. The fourth-order valence-corrected chi connectivity index (χ4v) is 2.43. The van der Waals surface area contributed by atoms with E-state index >= 15 is 0 Å². The molecule has 3 rings (SSSR count). The highest BCUT2D eigenvalue weighted by atomic mass is 16.5. The Morgan fingerprint density at radius 2 is 2.14 bits per heavy atom.